The molecule has 0 aliphatic heterocycles. The van der Waals surface area contributed by atoms with Gasteiger partial charge < -0.3 is 4.98 Å². The number of aromatic amines is 1. The Hall–Kier alpha value is -2.43. The van der Waals surface area contributed by atoms with Crippen molar-refractivity contribution in [3.8, 4) is 22.5 Å². The van der Waals surface area contributed by atoms with Crippen molar-refractivity contribution in [1.82, 2.24) is 9.97 Å². The lowest BCUT2D eigenvalue weighted by molar-refractivity contribution is 0.590. The van der Waals surface area contributed by atoms with Crippen molar-refractivity contribution in [3.63, 3.8) is 0 Å². The zero-order valence-corrected chi connectivity index (χ0v) is 16.9. The molecule has 0 spiro atoms. The van der Waals surface area contributed by atoms with E-state index in [1.54, 1.807) is 12.1 Å². The molecule has 0 radical (unpaired) electrons. The number of rotatable bonds is 2. The second kappa shape index (κ2) is 6.63. The lowest BCUT2D eigenvalue weighted by Crippen LogP contribution is -2.10. The summed E-state index contributed by atoms with van der Waals surface area (Å²) in [5.74, 6) is 0.556. The van der Waals surface area contributed by atoms with Crippen molar-refractivity contribution in [3.05, 3.63) is 74.9 Å². The van der Waals surface area contributed by atoms with E-state index in [9.17, 15) is 4.79 Å². The van der Waals surface area contributed by atoms with Crippen LogP contribution >= 0.6 is 22.9 Å². The highest BCUT2D eigenvalue weighted by Gasteiger charge is 2.16. The molecule has 0 aliphatic carbocycles. The first kappa shape index (κ1) is 18.0. The number of nitrogens with zero attached hydrogens (tertiary/aromatic N) is 1. The van der Waals surface area contributed by atoms with Crippen LogP contribution in [0, 0.1) is 0 Å². The van der Waals surface area contributed by atoms with Gasteiger partial charge >= 0.3 is 0 Å². The predicted octanol–water partition coefficient (Wildman–Crippen LogP) is 6.27. The summed E-state index contributed by atoms with van der Waals surface area (Å²) < 4.78 is 0. The molecular formula is C22H19ClN2OS. The number of hydrogen-bond donors (Lipinski definition) is 1. The third-order valence-corrected chi connectivity index (χ3v) is 5.75. The largest absolute Gasteiger partial charge is 0.306 e. The fourth-order valence-electron chi connectivity index (χ4n) is 3.06. The van der Waals surface area contributed by atoms with Gasteiger partial charge in [0.15, 0.2) is 0 Å². The smallest absolute Gasteiger partial charge is 0.260 e. The number of aromatic nitrogens is 2. The van der Waals surface area contributed by atoms with Gasteiger partial charge in [0.05, 0.1) is 5.39 Å². The van der Waals surface area contributed by atoms with Gasteiger partial charge in [0.2, 0.25) is 0 Å². The third kappa shape index (κ3) is 3.43. The molecule has 0 saturated heterocycles. The van der Waals surface area contributed by atoms with Crippen LogP contribution in [0.25, 0.3) is 32.7 Å². The highest BCUT2D eigenvalue weighted by atomic mass is 35.5. The summed E-state index contributed by atoms with van der Waals surface area (Å²) in [7, 11) is 0. The number of benzene rings is 2. The average molecular weight is 395 g/mol. The minimum absolute atomic E-state index is 0.0990. The molecule has 0 fully saturated rings. The van der Waals surface area contributed by atoms with E-state index in [1.165, 1.54) is 16.9 Å². The van der Waals surface area contributed by atoms with Gasteiger partial charge in [-0.3, -0.25) is 4.79 Å². The van der Waals surface area contributed by atoms with E-state index in [0.29, 0.717) is 16.2 Å². The topological polar surface area (TPSA) is 45.8 Å². The summed E-state index contributed by atoms with van der Waals surface area (Å²) >= 11 is 7.43. The third-order valence-electron chi connectivity index (χ3n) is 4.62. The van der Waals surface area contributed by atoms with E-state index in [4.69, 9.17) is 11.6 Å². The molecule has 2 aromatic heterocycles. The van der Waals surface area contributed by atoms with Gasteiger partial charge in [-0.2, -0.15) is 0 Å². The van der Waals surface area contributed by atoms with Crippen molar-refractivity contribution in [2.45, 2.75) is 26.2 Å². The highest BCUT2D eigenvalue weighted by molar-refractivity contribution is 7.17. The van der Waals surface area contributed by atoms with E-state index in [0.717, 1.165) is 21.5 Å². The predicted molar refractivity (Wildman–Crippen MR) is 115 cm³/mol. The molecule has 0 amide bonds. The average Bonchev–Trinajstić information content (AvgIpc) is 3.06. The van der Waals surface area contributed by atoms with Crippen molar-refractivity contribution in [2.24, 2.45) is 0 Å². The minimum atomic E-state index is -0.124. The van der Waals surface area contributed by atoms with Gasteiger partial charge in [0, 0.05) is 21.5 Å². The van der Waals surface area contributed by atoms with Crippen LogP contribution < -0.4 is 5.56 Å². The summed E-state index contributed by atoms with van der Waals surface area (Å²) in [5, 5.41) is 3.30. The Labute approximate surface area is 166 Å². The molecule has 0 saturated carbocycles. The number of halogens is 1. The first-order chi connectivity index (χ1) is 12.8. The molecule has 136 valence electrons. The fourth-order valence-corrected chi connectivity index (χ4v) is 4.13. The molecule has 27 heavy (non-hydrogen) atoms. The SMILES string of the molecule is CC(C)(C)c1ccc(-c2csc3nc(-c4ccc(Cl)cc4)[nH]c(=O)c23)cc1. The van der Waals surface area contributed by atoms with Gasteiger partial charge in [-0.05, 0) is 40.8 Å². The first-order valence-electron chi connectivity index (χ1n) is 8.71. The van der Waals surface area contributed by atoms with Gasteiger partial charge in [-0.15, -0.1) is 11.3 Å². The van der Waals surface area contributed by atoms with Gasteiger partial charge in [-0.1, -0.05) is 56.6 Å². The Balaban J connectivity index is 1.80. The fraction of sp³-hybridized carbons (Fsp3) is 0.182. The molecule has 2 heterocycles. The normalized spacial score (nSPS) is 11.9. The summed E-state index contributed by atoms with van der Waals surface area (Å²) in [5.41, 5.74) is 4.03. The first-order valence-corrected chi connectivity index (χ1v) is 9.97. The molecule has 5 heteroatoms. The van der Waals surface area contributed by atoms with E-state index in [2.05, 4.69) is 55.0 Å². The number of nitrogens with one attached hydrogen (secondary N) is 1. The van der Waals surface area contributed by atoms with E-state index >= 15 is 0 Å². The van der Waals surface area contributed by atoms with E-state index < -0.39 is 0 Å². The van der Waals surface area contributed by atoms with Gasteiger partial charge in [0.1, 0.15) is 10.7 Å². The number of thiophene rings is 1. The van der Waals surface area contributed by atoms with E-state index in [1.807, 2.05) is 17.5 Å². The monoisotopic (exact) mass is 394 g/mol. The van der Waals surface area contributed by atoms with Crippen LogP contribution in [0.15, 0.2) is 58.7 Å². The summed E-state index contributed by atoms with van der Waals surface area (Å²) in [6, 6.07) is 15.7. The molecule has 4 rings (SSSR count). The maximum atomic E-state index is 12.8. The van der Waals surface area contributed by atoms with Crippen LogP contribution in [0.4, 0.5) is 0 Å². The van der Waals surface area contributed by atoms with Crippen molar-refractivity contribution in [2.75, 3.05) is 0 Å². The van der Waals surface area contributed by atoms with Crippen LogP contribution in [0.5, 0.6) is 0 Å². The second-order valence-electron chi connectivity index (χ2n) is 7.58. The number of fused-ring (bicyclic) bond motifs is 1. The lowest BCUT2D eigenvalue weighted by atomic mass is 9.86. The molecule has 1 N–H and O–H groups in total. The zero-order valence-electron chi connectivity index (χ0n) is 15.3. The van der Waals surface area contributed by atoms with Crippen molar-refractivity contribution in [1.29, 1.82) is 0 Å². The Kier molecular flexibility index (Phi) is 4.41. The highest BCUT2D eigenvalue weighted by Crippen LogP contribution is 2.33. The molecule has 0 atom stereocenters. The molecule has 4 aromatic rings. The number of H-pyrrole nitrogens is 1. The minimum Gasteiger partial charge on any atom is -0.306 e. The van der Waals surface area contributed by atoms with Gasteiger partial charge in [-0.25, -0.2) is 4.98 Å². The quantitative estimate of drug-likeness (QED) is 0.435. The molecule has 0 bridgehead atoms. The van der Waals surface area contributed by atoms with Crippen LogP contribution in [0.3, 0.4) is 0 Å². The maximum Gasteiger partial charge on any atom is 0.260 e. The Morgan fingerprint density at radius 3 is 2.22 bits per heavy atom. The zero-order chi connectivity index (χ0) is 19.2. The van der Waals surface area contributed by atoms with Crippen LogP contribution in [0.1, 0.15) is 26.3 Å². The molecule has 0 aliphatic rings. The van der Waals surface area contributed by atoms with Crippen molar-refractivity contribution < 1.29 is 0 Å². The summed E-state index contributed by atoms with van der Waals surface area (Å²) in [6.45, 7) is 6.57. The molecule has 2 aromatic carbocycles. The van der Waals surface area contributed by atoms with Crippen LogP contribution in [-0.2, 0) is 5.41 Å². The molecular weight excluding hydrogens is 376 g/mol. The number of hydrogen-bond acceptors (Lipinski definition) is 3. The standard InChI is InChI=1S/C22H19ClN2OS/c1-22(2,3)15-8-4-13(5-9-15)17-12-27-21-18(17)20(26)24-19(25-21)14-6-10-16(23)11-7-14/h4-12H,1-3H3,(H,24,25,26). The van der Waals surface area contributed by atoms with E-state index in [-0.39, 0.29) is 11.0 Å². The van der Waals surface area contributed by atoms with Crippen molar-refractivity contribution >= 4 is 33.2 Å². The molecule has 3 nitrogen and oxygen atoms in total. The Bertz CT molecular complexity index is 1170. The lowest BCUT2D eigenvalue weighted by Gasteiger charge is -2.19. The Morgan fingerprint density at radius 1 is 0.963 bits per heavy atom. The summed E-state index contributed by atoms with van der Waals surface area (Å²) in [4.78, 5) is 21.1. The van der Waals surface area contributed by atoms with Crippen LogP contribution in [0.2, 0.25) is 5.02 Å². The Morgan fingerprint density at radius 2 is 1.59 bits per heavy atom. The molecule has 0 unspecified atom stereocenters. The van der Waals surface area contributed by atoms with Gasteiger partial charge in [0.25, 0.3) is 5.56 Å². The van der Waals surface area contributed by atoms with Crippen LogP contribution in [-0.4, -0.2) is 9.97 Å². The summed E-state index contributed by atoms with van der Waals surface area (Å²) in [6.07, 6.45) is 0. The second-order valence-corrected chi connectivity index (χ2v) is 8.87. The maximum absolute atomic E-state index is 12.8.